The van der Waals surface area contributed by atoms with Crippen LogP contribution in [0, 0.1) is 6.92 Å². The number of phenolic OH excluding ortho intramolecular Hbond substituents is 1. The first-order valence-electron chi connectivity index (χ1n) is 5.45. The molecule has 0 unspecified atom stereocenters. The van der Waals surface area contributed by atoms with E-state index >= 15 is 0 Å². The number of hydrogen-bond acceptors (Lipinski definition) is 3. The number of primary amides is 1. The first-order valence-corrected chi connectivity index (χ1v) is 6.26. The summed E-state index contributed by atoms with van der Waals surface area (Å²) in [6, 6.07) is 12.5. The molecule has 92 valence electrons. The smallest absolute Gasteiger partial charge is 0.249 e. The minimum absolute atomic E-state index is 0.228. The summed E-state index contributed by atoms with van der Waals surface area (Å²) in [5.41, 5.74) is 6.65. The molecular weight excluding hydrogens is 246 g/mol. The second kappa shape index (κ2) is 5.14. The molecule has 2 aromatic carbocycles. The molecule has 0 fully saturated rings. The highest BCUT2D eigenvalue weighted by molar-refractivity contribution is 7.99. The molecule has 0 saturated heterocycles. The van der Waals surface area contributed by atoms with Crippen molar-refractivity contribution < 1.29 is 9.90 Å². The van der Waals surface area contributed by atoms with Crippen LogP contribution in [-0.4, -0.2) is 11.0 Å². The van der Waals surface area contributed by atoms with Gasteiger partial charge in [-0.1, -0.05) is 30.0 Å². The van der Waals surface area contributed by atoms with E-state index in [0.29, 0.717) is 5.56 Å². The lowest BCUT2D eigenvalue weighted by atomic mass is 10.1. The number of phenols is 1. The predicted octanol–water partition coefficient (Wildman–Crippen LogP) is 2.95. The van der Waals surface area contributed by atoms with Gasteiger partial charge in [0.1, 0.15) is 5.75 Å². The van der Waals surface area contributed by atoms with Crippen LogP contribution in [0.2, 0.25) is 0 Å². The van der Waals surface area contributed by atoms with E-state index in [1.165, 1.54) is 11.8 Å². The van der Waals surface area contributed by atoms with E-state index in [1.807, 2.05) is 25.1 Å². The molecule has 0 heterocycles. The SMILES string of the molecule is Cc1c(Sc2ccccc2O)cccc1C(N)=O. The van der Waals surface area contributed by atoms with Gasteiger partial charge >= 0.3 is 0 Å². The van der Waals surface area contributed by atoms with Gasteiger partial charge in [-0.3, -0.25) is 4.79 Å². The molecule has 2 aromatic rings. The summed E-state index contributed by atoms with van der Waals surface area (Å²) in [4.78, 5) is 12.9. The van der Waals surface area contributed by atoms with Crippen molar-refractivity contribution in [1.29, 1.82) is 0 Å². The summed E-state index contributed by atoms with van der Waals surface area (Å²) in [5, 5.41) is 9.73. The third kappa shape index (κ3) is 2.49. The Morgan fingerprint density at radius 1 is 1.11 bits per heavy atom. The van der Waals surface area contributed by atoms with Crippen LogP contribution >= 0.6 is 11.8 Å². The van der Waals surface area contributed by atoms with Crippen molar-refractivity contribution in [2.24, 2.45) is 5.73 Å². The zero-order valence-corrected chi connectivity index (χ0v) is 10.7. The second-order valence-corrected chi connectivity index (χ2v) is 4.95. The standard InChI is InChI=1S/C14H13NO2S/c1-9-10(14(15)17)5-4-8-12(9)18-13-7-3-2-6-11(13)16/h2-8,16H,1H3,(H2,15,17). The summed E-state index contributed by atoms with van der Waals surface area (Å²) in [6.07, 6.45) is 0. The maximum atomic E-state index is 11.3. The molecule has 4 heteroatoms. The van der Waals surface area contributed by atoms with Gasteiger partial charge in [-0.15, -0.1) is 0 Å². The average Bonchev–Trinajstić information content (AvgIpc) is 2.34. The molecule has 0 radical (unpaired) electrons. The predicted molar refractivity (Wildman–Crippen MR) is 71.9 cm³/mol. The van der Waals surface area contributed by atoms with Crippen LogP contribution in [0.1, 0.15) is 15.9 Å². The number of aromatic hydroxyl groups is 1. The van der Waals surface area contributed by atoms with Crippen LogP contribution in [-0.2, 0) is 0 Å². The van der Waals surface area contributed by atoms with Gasteiger partial charge in [0.15, 0.2) is 0 Å². The lowest BCUT2D eigenvalue weighted by Gasteiger charge is -2.09. The zero-order chi connectivity index (χ0) is 13.1. The molecule has 0 spiro atoms. The third-order valence-corrected chi connectivity index (χ3v) is 3.86. The van der Waals surface area contributed by atoms with E-state index in [1.54, 1.807) is 24.3 Å². The Hall–Kier alpha value is -1.94. The quantitative estimate of drug-likeness (QED) is 0.890. The summed E-state index contributed by atoms with van der Waals surface area (Å²) in [6.45, 7) is 1.85. The van der Waals surface area contributed by atoms with Gasteiger partial charge in [-0.05, 0) is 36.8 Å². The van der Waals surface area contributed by atoms with E-state index in [-0.39, 0.29) is 5.75 Å². The molecule has 3 N–H and O–H groups in total. The van der Waals surface area contributed by atoms with Crippen molar-refractivity contribution in [1.82, 2.24) is 0 Å². The largest absolute Gasteiger partial charge is 0.507 e. The Kier molecular flexibility index (Phi) is 3.58. The molecule has 1 amide bonds. The Morgan fingerprint density at radius 2 is 1.78 bits per heavy atom. The fourth-order valence-corrected chi connectivity index (χ4v) is 2.62. The highest BCUT2D eigenvalue weighted by Gasteiger charge is 2.10. The van der Waals surface area contributed by atoms with Gasteiger partial charge in [0.25, 0.3) is 0 Å². The highest BCUT2D eigenvalue weighted by Crippen LogP contribution is 2.36. The van der Waals surface area contributed by atoms with Crippen LogP contribution < -0.4 is 5.73 Å². The topological polar surface area (TPSA) is 63.3 Å². The highest BCUT2D eigenvalue weighted by atomic mass is 32.2. The van der Waals surface area contributed by atoms with E-state index in [9.17, 15) is 9.90 Å². The molecule has 0 saturated carbocycles. The Labute approximate surface area is 110 Å². The summed E-state index contributed by atoms with van der Waals surface area (Å²) in [5.74, 6) is -0.210. The number of nitrogens with two attached hydrogens (primary N) is 1. The molecule has 0 aromatic heterocycles. The fourth-order valence-electron chi connectivity index (χ4n) is 1.65. The van der Waals surface area contributed by atoms with Crippen molar-refractivity contribution >= 4 is 17.7 Å². The van der Waals surface area contributed by atoms with Crippen molar-refractivity contribution in [2.45, 2.75) is 16.7 Å². The normalized spacial score (nSPS) is 10.3. The number of carbonyl (C=O) groups is 1. The molecule has 0 atom stereocenters. The van der Waals surface area contributed by atoms with Crippen LogP contribution in [0.25, 0.3) is 0 Å². The summed E-state index contributed by atoms with van der Waals surface area (Å²) in [7, 11) is 0. The van der Waals surface area contributed by atoms with Crippen molar-refractivity contribution in [3.05, 3.63) is 53.6 Å². The lowest BCUT2D eigenvalue weighted by Crippen LogP contribution is -2.12. The van der Waals surface area contributed by atoms with Crippen LogP contribution in [0.5, 0.6) is 5.75 Å². The zero-order valence-electron chi connectivity index (χ0n) is 9.88. The molecule has 3 nitrogen and oxygen atoms in total. The molecular formula is C14H13NO2S. The van der Waals surface area contributed by atoms with E-state index in [0.717, 1.165) is 15.4 Å². The van der Waals surface area contributed by atoms with Crippen LogP contribution in [0.4, 0.5) is 0 Å². The first-order chi connectivity index (χ1) is 8.59. The second-order valence-electron chi connectivity index (χ2n) is 3.86. The lowest BCUT2D eigenvalue weighted by molar-refractivity contribution is 0.0999. The van der Waals surface area contributed by atoms with Gasteiger partial charge in [-0.25, -0.2) is 0 Å². The average molecular weight is 259 g/mol. The minimum atomic E-state index is -0.438. The van der Waals surface area contributed by atoms with Gasteiger partial charge in [0, 0.05) is 10.5 Å². The van der Waals surface area contributed by atoms with Crippen molar-refractivity contribution in [3.8, 4) is 5.75 Å². The summed E-state index contributed by atoms with van der Waals surface area (Å²) >= 11 is 1.41. The van der Waals surface area contributed by atoms with Crippen molar-refractivity contribution in [2.75, 3.05) is 0 Å². The minimum Gasteiger partial charge on any atom is -0.507 e. The monoisotopic (exact) mass is 259 g/mol. The first kappa shape index (κ1) is 12.5. The molecule has 0 aliphatic heterocycles. The van der Waals surface area contributed by atoms with Crippen molar-refractivity contribution in [3.63, 3.8) is 0 Å². The molecule has 2 rings (SSSR count). The molecule has 0 bridgehead atoms. The number of amides is 1. The van der Waals surface area contributed by atoms with Gasteiger partial charge < -0.3 is 10.8 Å². The number of carbonyl (C=O) groups excluding carboxylic acids is 1. The number of benzene rings is 2. The van der Waals surface area contributed by atoms with E-state index in [4.69, 9.17) is 5.73 Å². The van der Waals surface area contributed by atoms with Gasteiger partial charge in [0.2, 0.25) is 5.91 Å². The number of hydrogen-bond donors (Lipinski definition) is 2. The maximum Gasteiger partial charge on any atom is 0.249 e. The number of rotatable bonds is 3. The maximum absolute atomic E-state index is 11.3. The fraction of sp³-hybridized carbons (Fsp3) is 0.0714. The Morgan fingerprint density at radius 3 is 2.44 bits per heavy atom. The third-order valence-electron chi connectivity index (χ3n) is 2.63. The van der Waals surface area contributed by atoms with Gasteiger partial charge in [-0.2, -0.15) is 0 Å². The molecule has 0 aliphatic carbocycles. The van der Waals surface area contributed by atoms with Gasteiger partial charge in [0.05, 0.1) is 4.90 Å². The number of para-hydroxylation sites is 1. The van der Waals surface area contributed by atoms with E-state index < -0.39 is 5.91 Å². The van der Waals surface area contributed by atoms with E-state index in [2.05, 4.69) is 0 Å². The Balaban J connectivity index is 2.39. The Bertz CT molecular complexity index is 596. The van der Waals surface area contributed by atoms with Crippen LogP contribution in [0.15, 0.2) is 52.3 Å². The van der Waals surface area contributed by atoms with Crippen LogP contribution in [0.3, 0.4) is 0 Å². The molecule has 0 aliphatic rings. The molecule has 18 heavy (non-hydrogen) atoms. The summed E-state index contributed by atoms with van der Waals surface area (Å²) < 4.78 is 0.